The Labute approximate surface area is 313 Å². The van der Waals surface area contributed by atoms with Gasteiger partial charge in [-0.2, -0.15) is 0 Å². The molecule has 0 fully saturated rings. The molecule has 9 rings (SSSR count). The maximum absolute atomic E-state index is 15.1. The molecule has 18 heteroatoms. The highest BCUT2D eigenvalue weighted by atomic mass is 35.5. The highest BCUT2D eigenvalue weighted by molar-refractivity contribution is 6.53. The molecule has 280 valence electrons. The number of nitrogens with zero attached hydrogens (tertiary/aromatic N) is 2. The summed E-state index contributed by atoms with van der Waals surface area (Å²) in [5.74, 6) is -30.6. The van der Waals surface area contributed by atoms with Crippen molar-refractivity contribution in [1.29, 1.82) is 0 Å². The van der Waals surface area contributed by atoms with Gasteiger partial charge >= 0.3 is 0 Å². The average Bonchev–Trinajstić information content (AvgIpc) is 3.16. The van der Waals surface area contributed by atoms with E-state index < -0.39 is 115 Å². The van der Waals surface area contributed by atoms with E-state index in [1.54, 1.807) is 0 Å². The minimum atomic E-state index is -2.53. The summed E-state index contributed by atoms with van der Waals surface area (Å²) in [6, 6.07) is 4.27. The molecule has 56 heavy (non-hydrogen) atoms. The van der Waals surface area contributed by atoms with Crippen LogP contribution < -0.4 is 9.80 Å². The molecule has 0 unspecified atom stereocenters. The van der Waals surface area contributed by atoms with Gasteiger partial charge in [-0.05, 0) is 60.0 Å². The fourth-order valence-electron chi connectivity index (χ4n) is 7.94. The van der Waals surface area contributed by atoms with Gasteiger partial charge in [0.1, 0.15) is 11.4 Å². The van der Waals surface area contributed by atoms with Crippen LogP contribution in [0.4, 0.5) is 55.3 Å². The molecule has 0 bridgehead atoms. The Morgan fingerprint density at radius 2 is 0.607 bits per heavy atom. The van der Waals surface area contributed by atoms with E-state index >= 15 is 17.6 Å². The lowest BCUT2D eigenvalue weighted by molar-refractivity contribution is 0.0874. The maximum atomic E-state index is 15.1. The highest BCUT2D eigenvalue weighted by Crippen LogP contribution is 2.53. The number of carbonyl (C=O) groups is 4. The van der Waals surface area contributed by atoms with Crippen LogP contribution in [0.1, 0.15) is 52.6 Å². The third-order valence-corrected chi connectivity index (χ3v) is 10.8. The predicted molar refractivity (Wildman–Crippen MR) is 182 cm³/mol. The molecular weight excluding hydrogens is 809 g/mol. The number of benzene rings is 7. The number of fused-ring (bicyclic) bond motifs is 2. The van der Waals surface area contributed by atoms with Crippen molar-refractivity contribution in [2.24, 2.45) is 0 Å². The number of rotatable bonds is 2. The molecule has 0 radical (unpaired) electrons. The molecule has 0 aliphatic carbocycles. The van der Waals surface area contributed by atoms with E-state index in [1.807, 2.05) is 0 Å². The zero-order valence-corrected chi connectivity index (χ0v) is 28.9. The number of aryl methyl sites for hydroxylation is 2. The van der Waals surface area contributed by atoms with Gasteiger partial charge in [-0.1, -0.05) is 23.2 Å². The molecule has 2 heterocycles. The van der Waals surface area contributed by atoms with E-state index in [0.29, 0.717) is 0 Å². The number of amides is 4. The molecule has 7 aromatic rings. The Balaban J connectivity index is 1.39. The Morgan fingerprint density at radius 3 is 0.893 bits per heavy atom. The molecule has 6 nitrogen and oxygen atoms in total. The molecular formula is C38H10Cl2F10N2O4. The highest BCUT2D eigenvalue weighted by Gasteiger charge is 2.44. The van der Waals surface area contributed by atoms with E-state index in [4.69, 9.17) is 23.2 Å². The Morgan fingerprint density at radius 1 is 0.357 bits per heavy atom. The minimum absolute atomic E-state index is 0.00154. The van der Waals surface area contributed by atoms with Gasteiger partial charge in [0.15, 0.2) is 46.5 Å². The summed E-state index contributed by atoms with van der Waals surface area (Å²) >= 11 is 13.6. The van der Waals surface area contributed by atoms with Crippen LogP contribution in [0.15, 0.2) is 24.3 Å². The molecule has 7 aromatic carbocycles. The van der Waals surface area contributed by atoms with Gasteiger partial charge < -0.3 is 0 Å². The Hall–Kier alpha value is -6.00. The number of hydrogen-bond acceptors (Lipinski definition) is 4. The van der Waals surface area contributed by atoms with Gasteiger partial charge in [0.05, 0.1) is 11.1 Å². The zero-order chi connectivity index (χ0) is 40.5. The Kier molecular flexibility index (Phi) is 7.19. The number of anilines is 2. The lowest BCUT2D eigenvalue weighted by atomic mass is 9.79. The monoisotopic (exact) mass is 818 g/mol. The second-order valence-electron chi connectivity index (χ2n) is 13.0. The average molecular weight is 819 g/mol. The maximum Gasteiger partial charge on any atom is 0.266 e. The first-order valence-corrected chi connectivity index (χ1v) is 16.5. The van der Waals surface area contributed by atoms with Crippen LogP contribution >= 0.6 is 23.2 Å². The molecule has 0 saturated carbocycles. The van der Waals surface area contributed by atoms with Gasteiger partial charge in [-0.3, -0.25) is 19.2 Å². The largest absolute Gasteiger partial charge is 0.268 e. The van der Waals surface area contributed by atoms with Gasteiger partial charge in [0.2, 0.25) is 11.6 Å². The fraction of sp³-hybridized carbons (Fsp3) is 0.0526. The molecule has 0 aromatic heterocycles. The predicted octanol–water partition coefficient (Wildman–Crippen LogP) is 10.7. The summed E-state index contributed by atoms with van der Waals surface area (Å²) in [5, 5.41) is -0.438. The first-order chi connectivity index (χ1) is 26.3. The lowest BCUT2D eigenvalue weighted by Crippen LogP contribution is -2.42. The summed E-state index contributed by atoms with van der Waals surface area (Å²) in [7, 11) is 0. The van der Waals surface area contributed by atoms with Crippen LogP contribution in [0.2, 0.25) is 10.0 Å². The summed E-state index contributed by atoms with van der Waals surface area (Å²) in [6.45, 7) is 2.90. The van der Waals surface area contributed by atoms with Gasteiger partial charge in [-0.15, -0.1) is 0 Å². The fourth-order valence-corrected chi connectivity index (χ4v) is 8.53. The van der Waals surface area contributed by atoms with Crippen LogP contribution in [-0.2, 0) is 0 Å². The second kappa shape index (κ2) is 11.3. The van der Waals surface area contributed by atoms with Crippen LogP contribution in [0.3, 0.4) is 0 Å². The molecule has 4 amide bonds. The Bertz CT molecular complexity index is 2790. The van der Waals surface area contributed by atoms with Crippen LogP contribution in [-0.4, -0.2) is 23.6 Å². The minimum Gasteiger partial charge on any atom is -0.268 e. The van der Waals surface area contributed by atoms with Crippen LogP contribution in [0, 0.1) is 72.0 Å². The normalized spacial score (nSPS) is 14.3. The van der Waals surface area contributed by atoms with Crippen molar-refractivity contribution in [3.05, 3.63) is 126 Å². The van der Waals surface area contributed by atoms with E-state index in [1.165, 1.54) is 26.0 Å². The third kappa shape index (κ3) is 4.04. The first-order valence-electron chi connectivity index (χ1n) is 15.7. The molecule has 0 N–H and O–H groups in total. The van der Waals surface area contributed by atoms with Crippen molar-refractivity contribution in [3.63, 3.8) is 0 Å². The van der Waals surface area contributed by atoms with Crippen molar-refractivity contribution in [2.75, 3.05) is 9.80 Å². The molecule has 2 aliphatic rings. The number of imide groups is 2. The van der Waals surface area contributed by atoms with E-state index in [2.05, 4.69) is 0 Å². The van der Waals surface area contributed by atoms with Crippen molar-refractivity contribution < 1.29 is 63.1 Å². The van der Waals surface area contributed by atoms with Crippen molar-refractivity contribution in [1.82, 2.24) is 0 Å². The van der Waals surface area contributed by atoms with Crippen molar-refractivity contribution in [2.45, 2.75) is 13.8 Å². The molecule has 0 saturated heterocycles. The molecule has 2 aliphatic heterocycles. The van der Waals surface area contributed by atoms with Crippen molar-refractivity contribution in [3.8, 4) is 0 Å². The number of halogens is 12. The second-order valence-corrected chi connectivity index (χ2v) is 13.8. The molecule has 0 atom stereocenters. The van der Waals surface area contributed by atoms with Crippen LogP contribution in [0.25, 0.3) is 43.1 Å². The van der Waals surface area contributed by atoms with Gasteiger partial charge in [-0.25, -0.2) is 53.7 Å². The summed E-state index contributed by atoms with van der Waals surface area (Å²) in [6.07, 6.45) is 0. The van der Waals surface area contributed by atoms with Crippen molar-refractivity contribution >= 4 is 101 Å². The van der Waals surface area contributed by atoms with Gasteiger partial charge in [0, 0.05) is 53.5 Å². The topological polar surface area (TPSA) is 74.8 Å². The van der Waals surface area contributed by atoms with E-state index in [0.717, 1.165) is 12.1 Å². The molecule has 0 spiro atoms. The third-order valence-electron chi connectivity index (χ3n) is 10.2. The standard InChI is InChI=1S/C38H10Cl2F10N2O4/c1-7-3-9-17-11(37(55)51(35(9)53)33-29(47)25(43)23(41)26(44)30(33)48)5-13(39)19-20-14(40)6-12-18-10(4-8(2)16(22(18)20)15(7)21(17)19)36(54)52(38(12)56)34-31(49)27(45)24(42)28(46)32(34)50/h3-6H,1-2H3. The zero-order valence-electron chi connectivity index (χ0n) is 27.4. The number of carbonyl (C=O) groups excluding carboxylic acids is 4. The van der Waals surface area contributed by atoms with Gasteiger partial charge in [0.25, 0.3) is 23.6 Å². The van der Waals surface area contributed by atoms with E-state index in [9.17, 15) is 45.5 Å². The lowest BCUT2D eigenvalue weighted by Gasteiger charge is -2.32. The summed E-state index contributed by atoms with van der Waals surface area (Å²) in [5.41, 5.74) is -5.15. The smallest absolute Gasteiger partial charge is 0.266 e. The van der Waals surface area contributed by atoms with Crippen LogP contribution in [0.5, 0.6) is 0 Å². The van der Waals surface area contributed by atoms with E-state index in [-0.39, 0.29) is 74.1 Å². The summed E-state index contributed by atoms with van der Waals surface area (Å²) < 4.78 is 145. The number of hydrogen-bond donors (Lipinski definition) is 0. The first kappa shape index (κ1) is 35.7. The summed E-state index contributed by atoms with van der Waals surface area (Å²) in [4.78, 5) is 55.6. The quantitative estimate of drug-likeness (QED) is 0.0435. The SMILES string of the molecule is Cc1cc2c3c(cc(Cl)c4c5c(Cl)cc6c7c(cc(C)c(c1c34)c75)C(=O)N(c1c(F)c(F)c(F)c(F)c1F)C6=O)C(=O)N(c1c(F)c(F)c(F)c(F)c1F)C2=O.